The molecule has 1 atom stereocenters. The molecule has 1 aromatic carbocycles. The molecule has 5 heteroatoms. The first kappa shape index (κ1) is 15.6. The van der Waals surface area contributed by atoms with Gasteiger partial charge in [-0.2, -0.15) is 0 Å². The van der Waals surface area contributed by atoms with Gasteiger partial charge in [0.25, 0.3) is 5.91 Å². The summed E-state index contributed by atoms with van der Waals surface area (Å²) >= 11 is 0. The molecule has 1 saturated heterocycles. The van der Waals surface area contributed by atoms with Crippen LogP contribution in [0.5, 0.6) is 0 Å². The molecule has 2 heterocycles. The first-order valence-corrected chi connectivity index (χ1v) is 7.97. The molecule has 1 N–H and O–H groups in total. The highest BCUT2D eigenvalue weighted by molar-refractivity contribution is 5.84. The van der Waals surface area contributed by atoms with Crippen LogP contribution in [0.3, 0.4) is 0 Å². The van der Waals surface area contributed by atoms with Crippen molar-refractivity contribution >= 4 is 5.91 Å². The Balaban J connectivity index is 1.58. The van der Waals surface area contributed by atoms with E-state index >= 15 is 0 Å². The Hall–Kier alpha value is -2.27. The maximum absolute atomic E-state index is 12.2. The molecule has 1 amide bonds. The molecule has 0 radical (unpaired) electrons. The SMILES string of the molecule is C[C@@]1(C(=O)NCCc2nccc(-c3ccccc3)n2)CCCO1. The molecule has 0 aliphatic carbocycles. The summed E-state index contributed by atoms with van der Waals surface area (Å²) in [6.07, 6.45) is 4.07. The standard InChI is InChI=1S/C18H21N3O2/c1-18(10-5-13-23-18)17(22)20-12-9-16-19-11-8-15(21-16)14-6-3-2-4-7-14/h2-4,6-8,11H,5,9-10,12-13H2,1H3,(H,20,22)/t18-/m0/s1. The third-order valence-corrected chi connectivity index (χ3v) is 4.11. The van der Waals surface area contributed by atoms with Crippen LogP contribution in [0.15, 0.2) is 42.6 Å². The molecule has 0 bridgehead atoms. The van der Waals surface area contributed by atoms with Crippen molar-refractivity contribution in [1.29, 1.82) is 0 Å². The Morgan fingerprint density at radius 3 is 2.87 bits per heavy atom. The van der Waals surface area contributed by atoms with Crippen LogP contribution in [0.1, 0.15) is 25.6 Å². The number of hydrogen-bond donors (Lipinski definition) is 1. The van der Waals surface area contributed by atoms with Gasteiger partial charge < -0.3 is 10.1 Å². The van der Waals surface area contributed by atoms with E-state index in [2.05, 4.69) is 15.3 Å². The quantitative estimate of drug-likeness (QED) is 0.921. The fourth-order valence-corrected chi connectivity index (χ4v) is 2.72. The molecule has 2 aromatic rings. The van der Waals surface area contributed by atoms with Crippen molar-refractivity contribution in [1.82, 2.24) is 15.3 Å². The minimum atomic E-state index is -0.674. The zero-order valence-corrected chi connectivity index (χ0v) is 13.3. The smallest absolute Gasteiger partial charge is 0.251 e. The van der Waals surface area contributed by atoms with Gasteiger partial charge in [0.05, 0.1) is 5.69 Å². The zero-order chi connectivity index (χ0) is 16.1. The number of carbonyl (C=O) groups excluding carboxylic acids is 1. The van der Waals surface area contributed by atoms with Crippen molar-refractivity contribution in [3.8, 4) is 11.3 Å². The molecular formula is C18H21N3O2. The van der Waals surface area contributed by atoms with E-state index in [4.69, 9.17) is 4.74 Å². The van der Waals surface area contributed by atoms with Gasteiger partial charge in [-0.05, 0) is 25.8 Å². The first-order valence-electron chi connectivity index (χ1n) is 7.97. The highest BCUT2D eigenvalue weighted by atomic mass is 16.5. The molecule has 3 rings (SSSR count). The van der Waals surface area contributed by atoms with Crippen LogP contribution in [-0.2, 0) is 16.0 Å². The fourth-order valence-electron chi connectivity index (χ4n) is 2.72. The molecule has 120 valence electrons. The molecule has 1 aromatic heterocycles. The molecule has 0 unspecified atom stereocenters. The Kier molecular flexibility index (Phi) is 4.67. The average Bonchev–Trinajstić information content (AvgIpc) is 3.04. The lowest BCUT2D eigenvalue weighted by Gasteiger charge is -2.21. The van der Waals surface area contributed by atoms with E-state index < -0.39 is 5.60 Å². The van der Waals surface area contributed by atoms with Crippen molar-refractivity contribution in [3.05, 3.63) is 48.4 Å². The predicted molar refractivity (Wildman–Crippen MR) is 87.8 cm³/mol. The van der Waals surface area contributed by atoms with Gasteiger partial charge in [0.2, 0.25) is 0 Å². The van der Waals surface area contributed by atoms with Crippen molar-refractivity contribution in [2.24, 2.45) is 0 Å². The molecule has 5 nitrogen and oxygen atoms in total. The Morgan fingerprint density at radius 2 is 2.13 bits per heavy atom. The van der Waals surface area contributed by atoms with Gasteiger partial charge in [-0.25, -0.2) is 9.97 Å². The van der Waals surface area contributed by atoms with Crippen LogP contribution in [0.25, 0.3) is 11.3 Å². The number of benzene rings is 1. The summed E-state index contributed by atoms with van der Waals surface area (Å²) < 4.78 is 5.54. The van der Waals surface area contributed by atoms with E-state index in [9.17, 15) is 4.79 Å². The summed E-state index contributed by atoms with van der Waals surface area (Å²) in [6, 6.07) is 11.9. The largest absolute Gasteiger partial charge is 0.365 e. The molecule has 23 heavy (non-hydrogen) atoms. The molecule has 1 aliphatic heterocycles. The lowest BCUT2D eigenvalue weighted by atomic mass is 10.0. The fraction of sp³-hybridized carbons (Fsp3) is 0.389. The minimum absolute atomic E-state index is 0.0470. The normalized spacial score (nSPS) is 20.4. The highest BCUT2D eigenvalue weighted by Crippen LogP contribution is 2.24. The molecule has 1 aliphatic rings. The van der Waals surface area contributed by atoms with Gasteiger partial charge >= 0.3 is 0 Å². The van der Waals surface area contributed by atoms with Crippen molar-refractivity contribution in [3.63, 3.8) is 0 Å². The second-order valence-corrected chi connectivity index (χ2v) is 5.91. The maximum Gasteiger partial charge on any atom is 0.251 e. The summed E-state index contributed by atoms with van der Waals surface area (Å²) in [5.74, 6) is 0.679. The number of ether oxygens (including phenoxy) is 1. The molecule has 0 spiro atoms. The first-order chi connectivity index (χ1) is 11.2. The monoisotopic (exact) mass is 311 g/mol. The third kappa shape index (κ3) is 3.74. The van der Waals surface area contributed by atoms with Crippen molar-refractivity contribution in [2.75, 3.05) is 13.2 Å². The summed E-state index contributed by atoms with van der Waals surface area (Å²) in [7, 11) is 0. The van der Waals surface area contributed by atoms with Crippen LogP contribution in [0.4, 0.5) is 0 Å². The molecule has 0 saturated carbocycles. The van der Waals surface area contributed by atoms with E-state index in [1.807, 2.05) is 43.3 Å². The summed E-state index contributed by atoms with van der Waals surface area (Å²) in [4.78, 5) is 21.0. The number of rotatable bonds is 5. The maximum atomic E-state index is 12.2. The van der Waals surface area contributed by atoms with Gasteiger partial charge in [-0.3, -0.25) is 4.79 Å². The second-order valence-electron chi connectivity index (χ2n) is 5.91. The number of nitrogens with zero attached hydrogens (tertiary/aromatic N) is 2. The highest BCUT2D eigenvalue weighted by Gasteiger charge is 2.37. The topological polar surface area (TPSA) is 64.1 Å². The van der Waals surface area contributed by atoms with Crippen LogP contribution in [0, 0.1) is 0 Å². The Bertz CT molecular complexity index is 667. The van der Waals surface area contributed by atoms with E-state index in [0.717, 1.165) is 29.9 Å². The van der Waals surface area contributed by atoms with Crippen LogP contribution < -0.4 is 5.32 Å². The van der Waals surface area contributed by atoms with Crippen LogP contribution in [-0.4, -0.2) is 34.6 Å². The van der Waals surface area contributed by atoms with Crippen LogP contribution >= 0.6 is 0 Å². The minimum Gasteiger partial charge on any atom is -0.365 e. The lowest BCUT2D eigenvalue weighted by Crippen LogP contribution is -2.44. The average molecular weight is 311 g/mol. The van der Waals surface area contributed by atoms with E-state index in [1.54, 1.807) is 6.20 Å². The van der Waals surface area contributed by atoms with Gasteiger partial charge in [0.1, 0.15) is 11.4 Å². The number of hydrogen-bond acceptors (Lipinski definition) is 4. The number of amides is 1. The Labute approximate surface area is 136 Å². The van der Waals surface area contributed by atoms with E-state index in [1.165, 1.54) is 0 Å². The van der Waals surface area contributed by atoms with Crippen LogP contribution in [0.2, 0.25) is 0 Å². The van der Waals surface area contributed by atoms with Gasteiger partial charge in [-0.1, -0.05) is 30.3 Å². The molecule has 1 fully saturated rings. The predicted octanol–water partition coefficient (Wildman–Crippen LogP) is 2.37. The summed E-state index contributed by atoms with van der Waals surface area (Å²) in [6.45, 7) is 3.02. The van der Waals surface area contributed by atoms with Crippen molar-refractivity contribution in [2.45, 2.75) is 31.8 Å². The second kappa shape index (κ2) is 6.87. The summed E-state index contributed by atoms with van der Waals surface area (Å²) in [5, 5.41) is 2.93. The van der Waals surface area contributed by atoms with Crippen molar-refractivity contribution < 1.29 is 9.53 Å². The van der Waals surface area contributed by atoms with Gasteiger partial charge in [0, 0.05) is 31.3 Å². The van der Waals surface area contributed by atoms with E-state index in [0.29, 0.717) is 19.6 Å². The number of aromatic nitrogens is 2. The zero-order valence-electron chi connectivity index (χ0n) is 13.3. The third-order valence-electron chi connectivity index (χ3n) is 4.11. The Morgan fingerprint density at radius 1 is 1.30 bits per heavy atom. The summed E-state index contributed by atoms with van der Waals surface area (Å²) in [5.41, 5.74) is 1.28. The van der Waals surface area contributed by atoms with Gasteiger partial charge in [0.15, 0.2) is 0 Å². The lowest BCUT2D eigenvalue weighted by molar-refractivity contribution is -0.139. The number of carbonyl (C=O) groups is 1. The number of nitrogens with one attached hydrogen (secondary N) is 1. The van der Waals surface area contributed by atoms with Gasteiger partial charge in [-0.15, -0.1) is 0 Å². The molecular weight excluding hydrogens is 290 g/mol. The van der Waals surface area contributed by atoms with E-state index in [-0.39, 0.29) is 5.91 Å².